The van der Waals surface area contributed by atoms with Crippen molar-refractivity contribution >= 4 is 5.91 Å². The number of aromatic amines is 1. The fraction of sp³-hybridized carbons (Fsp3) is 0.733. The zero-order chi connectivity index (χ0) is 13.9. The molecule has 5 nitrogen and oxygen atoms in total. The van der Waals surface area contributed by atoms with Crippen LogP contribution in [-0.4, -0.2) is 40.4 Å². The first-order valence-corrected chi connectivity index (χ1v) is 7.77. The Morgan fingerprint density at radius 1 is 1.35 bits per heavy atom. The fourth-order valence-electron chi connectivity index (χ4n) is 3.75. The van der Waals surface area contributed by atoms with Crippen LogP contribution in [0.4, 0.5) is 0 Å². The van der Waals surface area contributed by atoms with Crippen LogP contribution in [0.25, 0.3) is 0 Å². The molecule has 2 fully saturated rings. The standard InChI is InChI=1S/C15H24N4O/c16-10-12-2-1-3-13(12)15(20)19-8-4-11(5-9-19)14-17-6-7-18-14/h6-7,11-13H,1-5,8-10,16H2,(H,17,18)/t12-,13-/m1/s1. The number of nitrogens with one attached hydrogen (secondary N) is 1. The first-order chi connectivity index (χ1) is 9.79. The number of hydrogen-bond acceptors (Lipinski definition) is 3. The molecule has 1 saturated heterocycles. The summed E-state index contributed by atoms with van der Waals surface area (Å²) >= 11 is 0. The number of carbonyl (C=O) groups is 1. The summed E-state index contributed by atoms with van der Waals surface area (Å²) in [4.78, 5) is 22.2. The van der Waals surface area contributed by atoms with E-state index in [4.69, 9.17) is 5.73 Å². The topological polar surface area (TPSA) is 75.0 Å². The van der Waals surface area contributed by atoms with Crippen molar-refractivity contribution in [3.8, 4) is 0 Å². The van der Waals surface area contributed by atoms with Gasteiger partial charge in [-0.1, -0.05) is 6.42 Å². The lowest BCUT2D eigenvalue weighted by Crippen LogP contribution is -2.43. The highest BCUT2D eigenvalue weighted by molar-refractivity contribution is 5.79. The van der Waals surface area contributed by atoms with Crippen LogP contribution in [0.1, 0.15) is 43.8 Å². The monoisotopic (exact) mass is 276 g/mol. The normalized spacial score (nSPS) is 27.9. The molecule has 1 aliphatic carbocycles. The van der Waals surface area contributed by atoms with Gasteiger partial charge >= 0.3 is 0 Å². The summed E-state index contributed by atoms with van der Waals surface area (Å²) in [5.74, 6) is 2.47. The SMILES string of the molecule is NC[C@H]1CCC[C@H]1C(=O)N1CCC(c2ncc[nH]2)CC1. The van der Waals surface area contributed by atoms with Gasteiger partial charge in [0, 0.05) is 37.3 Å². The molecule has 0 spiro atoms. The molecule has 1 aliphatic heterocycles. The number of nitrogens with two attached hydrogens (primary N) is 1. The van der Waals surface area contributed by atoms with E-state index >= 15 is 0 Å². The van der Waals surface area contributed by atoms with Crippen molar-refractivity contribution < 1.29 is 4.79 Å². The molecule has 3 rings (SSSR count). The predicted molar refractivity (Wildman–Crippen MR) is 77.0 cm³/mol. The van der Waals surface area contributed by atoms with Gasteiger partial charge in [0.15, 0.2) is 0 Å². The molecule has 1 amide bonds. The zero-order valence-electron chi connectivity index (χ0n) is 11.9. The largest absolute Gasteiger partial charge is 0.348 e. The molecule has 2 aliphatic rings. The summed E-state index contributed by atoms with van der Waals surface area (Å²) in [7, 11) is 0. The molecular weight excluding hydrogens is 252 g/mol. The summed E-state index contributed by atoms with van der Waals surface area (Å²) in [5, 5.41) is 0. The number of imidazole rings is 1. The maximum Gasteiger partial charge on any atom is 0.226 e. The van der Waals surface area contributed by atoms with Crippen molar-refractivity contribution in [2.75, 3.05) is 19.6 Å². The highest BCUT2D eigenvalue weighted by Crippen LogP contribution is 2.34. The Bertz CT molecular complexity index is 437. The smallest absolute Gasteiger partial charge is 0.226 e. The highest BCUT2D eigenvalue weighted by atomic mass is 16.2. The average Bonchev–Trinajstić information content (AvgIpc) is 3.17. The van der Waals surface area contributed by atoms with E-state index < -0.39 is 0 Å². The maximum atomic E-state index is 12.6. The molecule has 2 atom stereocenters. The van der Waals surface area contributed by atoms with Crippen LogP contribution in [0.2, 0.25) is 0 Å². The number of amides is 1. The summed E-state index contributed by atoms with van der Waals surface area (Å²) in [5.41, 5.74) is 5.79. The molecule has 2 heterocycles. The number of aromatic nitrogens is 2. The van der Waals surface area contributed by atoms with E-state index in [1.165, 1.54) is 0 Å². The van der Waals surface area contributed by atoms with Crippen LogP contribution >= 0.6 is 0 Å². The van der Waals surface area contributed by atoms with Gasteiger partial charge in [-0.05, 0) is 38.1 Å². The van der Waals surface area contributed by atoms with E-state index in [9.17, 15) is 4.79 Å². The van der Waals surface area contributed by atoms with Gasteiger partial charge in [-0.15, -0.1) is 0 Å². The molecule has 1 saturated carbocycles. The number of H-pyrrole nitrogens is 1. The minimum atomic E-state index is 0.181. The van der Waals surface area contributed by atoms with Crippen molar-refractivity contribution in [1.82, 2.24) is 14.9 Å². The van der Waals surface area contributed by atoms with E-state index in [1.807, 2.05) is 6.20 Å². The lowest BCUT2D eigenvalue weighted by atomic mass is 9.91. The summed E-state index contributed by atoms with van der Waals surface area (Å²) in [6.45, 7) is 2.37. The number of hydrogen-bond donors (Lipinski definition) is 2. The highest BCUT2D eigenvalue weighted by Gasteiger charge is 2.36. The third kappa shape index (κ3) is 2.59. The number of piperidine rings is 1. The molecule has 5 heteroatoms. The van der Waals surface area contributed by atoms with Gasteiger partial charge in [0.25, 0.3) is 0 Å². The lowest BCUT2D eigenvalue weighted by Gasteiger charge is -2.34. The second-order valence-electron chi connectivity index (χ2n) is 6.11. The van der Waals surface area contributed by atoms with Gasteiger partial charge in [0.1, 0.15) is 5.82 Å². The third-order valence-corrected chi connectivity index (χ3v) is 4.99. The minimum absolute atomic E-state index is 0.181. The van der Waals surface area contributed by atoms with Crippen LogP contribution in [0, 0.1) is 11.8 Å². The van der Waals surface area contributed by atoms with Gasteiger partial charge in [-0.2, -0.15) is 0 Å². The van der Waals surface area contributed by atoms with Crippen LogP contribution in [0.3, 0.4) is 0 Å². The predicted octanol–water partition coefficient (Wildman–Crippen LogP) is 1.49. The number of likely N-dealkylation sites (tertiary alicyclic amines) is 1. The lowest BCUT2D eigenvalue weighted by molar-refractivity contribution is -0.137. The molecule has 110 valence electrons. The first-order valence-electron chi connectivity index (χ1n) is 7.77. The molecule has 1 aromatic heterocycles. The summed E-state index contributed by atoms with van der Waals surface area (Å²) in [6.07, 6.45) is 9.00. The molecule has 0 radical (unpaired) electrons. The van der Waals surface area contributed by atoms with Crippen molar-refractivity contribution in [3.63, 3.8) is 0 Å². The quantitative estimate of drug-likeness (QED) is 0.878. The molecular formula is C15H24N4O. The van der Waals surface area contributed by atoms with Crippen LogP contribution in [0.5, 0.6) is 0 Å². The van der Waals surface area contributed by atoms with Crippen molar-refractivity contribution in [1.29, 1.82) is 0 Å². The van der Waals surface area contributed by atoms with E-state index in [0.29, 0.717) is 24.3 Å². The molecule has 20 heavy (non-hydrogen) atoms. The van der Waals surface area contributed by atoms with E-state index in [-0.39, 0.29) is 5.92 Å². The first kappa shape index (κ1) is 13.6. The van der Waals surface area contributed by atoms with Crippen molar-refractivity contribution in [2.24, 2.45) is 17.6 Å². The minimum Gasteiger partial charge on any atom is -0.348 e. The van der Waals surface area contributed by atoms with E-state index in [1.54, 1.807) is 6.20 Å². The Hall–Kier alpha value is -1.36. The Kier molecular flexibility index (Phi) is 4.05. The number of rotatable bonds is 3. The fourth-order valence-corrected chi connectivity index (χ4v) is 3.75. The molecule has 0 bridgehead atoms. The van der Waals surface area contributed by atoms with Crippen LogP contribution in [0.15, 0.2) is 12.4 Å². The molecule has 1 aromatic rings. The van der Waals surface area contributed by atoms with Gasteiger partial charge in [0.05, 0.1) is 0 Å². The van der Waals surface area contributed by atoms with Gasteiger partial charge in [-0.25, -0.2) is 4.98 Å². The summed E-state index contributed by atoms with van der Waals surface area (Å²) in [6, 6.07) is 0. The van der Waals surface area contributed by atoms with Crippen molar-refractivity contribution in [3.05, 3.63) is 18.2 Å². The van der Waals surface area contributed by atoms with Gasteiger partial charge in [-0.3, -0.25) is 4.79 Å². The molecule has 3 N–H and O–H groups in total. The van der Waals surface area contributed by atoms with Crippen LogP contribution in [-0.2, 0) is 4.79 Å². The van der Waals surface area contributed by atoms with Gasteiger partial charge < -0.3 is 15.6 Å². The Morgan fingerprint density at radius 3 is 2.80 bits per heavy atom. The Labute approximate surface area is 119 Å². The second-order valence-corrected chi connectivity index (χ2v) is 6.11. The van der Waals surface area contributed by atoms with Gasteiger partial charge in [0.2, 0.25) is 5.91 Å². The molecule has 0 aromatic carbocycles. The Morgan fingerprint density at radius 2 is 2.15 bits per heavy atom. The maximum absolute atomic E-state index is 12.6. The van der Waals surface area contributed by atoms with E-state index in [0.717, 1.165) is 51.0 Å². The zero-order valence-corrected chi connectivity index (χ0v) is 11.9. The third-order valence-electron chi connectivity index (χ3n) is 4.99. The molecule has 0 unspecified atom stereocenters. The second kappa shape index (κ2) is 5.95. The number of carbonyl (C=O) groups excluding carboxylic acids is 1. The summed E-state index contributed by atoms with van der Waals surface area (Å²) < 4.78 is 0. The van der Waals surface area contributed by atoms with Crippen LogP contribution < -0.4 is 5.73 Å². The number of nitrogens with zero attached hydrogens (tertiary/aromatic N) is 2. The average molecular weight is 276 g/mol. The van der Waals surface area contributed by atoms with E-state index in [2.05, 4.69) is 14.9 Å². The Balaban J connectivity index is 1.56. The van der Waals surface area contributed by atoms with Crippen molar-refractivity contribution in [2.45, 2.75) is 38.0 Å².